The fraction of sp³-hybridized carbons (Fsp3) is 0.316. The summed E-state index contributed by atoms with van der Waals surface area (Å²) >= 11 is 4.72. The molecule has 0 spiro atoms. The Morgan fingerprint density at radius 3 is 2.75 bits per heavy atom. The summed E-state index contributed by atoms with van der Waals surface area (Å²) in [5.41, 5.74) is 0.350. The van der Waals surface area contributed by atoms with Gasteiger partial charge < -0.3 is 9.64 Å². The predicted molar refractivity (Wildman–Crippen MR) is 115 cm³/mol. The number of rotatable bonds is 5. The Labute approximate surface area is 176 Å². The molecule has 0 aliphatic carbocycles. The maximum atomic E-state index is 14.6. The SMILES string of the molecule is O=S1(=O)CC2N=C(SCCOc3ccccc3)N(c3ccc(Br)cc3F)C2C1. The van der Waals surface area contributed by atoms with E-state index in [1.54, 1.807) is 17.0 Å². The van der Waals surface area contributed by atoms with E-state index >= 15 is 0 Å². The summed E-state index contributed by atoms with van der Waals surface area (Å²) in [6, 6.07) is 13.6. The molecular weight excluding hydrogens is 467 g/mol. The van der Waals surface area contributed by atoms with E-state index in [1.807, 2.05) is 30.3 Å². The Balaban J connectivity index is 1.50. The molecule has 0 saturated carbocycles. The lowest BCUT2D eigenvalue weighted by molar-refractivity contribution is 0.344. The van der Waals surface area contributed by atoms with Crippen LogP contribution in [0.25, 0.3) is 0 Å². The van der Waals surface area contributed by atoms with Gasteiger partial charge in [-0.1, -0.05) is 45.9 Å². The number of hydrogen-bond donors (Lipinski definition) is 0. The molecule has 1 fully saturated rings. The zero-order valence-corrected chi connectivity index (χ0v) is 18.0. The van der Waals surface area contributed by atoms with Crippen molar-refractivity contribution >= 4 is 48.4 Å². The molecule has 0 N–H and O–H groups in total. The largest absolute Gasteiger partial charge is 0.493 e. The smallest absolute Gasteiger partial charge is 0.164 e. The average molecular weight is 485 g/mol. The molecule has 2 atom stereocenters. The van der Waals surface area contributed by atoms with Crippen molar-refractivity contribution in [2.75, 3.05) is 28.8 Å². The van der Waals surface area contributed by atoms with Crippen LogP contribution in [0, 0.1) is 5.82 Å². The second kappa shape index (κ2) is 8.04. The number of aliphatic imine (C=N–C) groups is 1. The molecule has 2 aromatic rings. The molecular formula is C19H18BrFN2O3S2. The molecule has 2 heterocycles. The number of halogens is 2. The van der Waals surface area contributed by atoms with Crippen molar-refractivity contribution < 1.29 is 17.5 Å². The normalized spacial score (nSPS) is 22.8. The third-order valence-electron chi connectivity index (χ3n) is 4.60. The van der Waals surface area contributed by atoms with Gasteiger partial charge in [-0.3, -0.25) is 4.99 Å². The van der Waals surface area contributed by atoms with E-state index in [0.717, 1.165) is 5.75 Å². The molecule has 4 rings (SSSR count). The minimum Gasteiger partial charge on any atom is -0.493 e. The van der Waals surface area contributed by atoms with Crippen molar-refractivity contribution in [3.05, 3.63) is 58.8 Å². The average Bonchev–Trinajstić information content (AvgIpc) is 3.11. The Hall–Kier alpha value is -1.58. The number of para-hydroxylation sites is 1. The van der Waals surface area contributed by atoms with Gasteiger partial charge in [-0.05, 0) is 30.3 Å². The van der Waals surface area contributed by atoms with Crippen LogP contribution in [0.4, 0.5) is 10.1 Å². The highest BCUT2D eigenvalue weighted by Crippen LogP contribution is 2.37. The summed E-state index contributed by atoms with van der Waals surface area (Å²) in [5, 5.41) is 0.641. The molecule has 2 unspecified atom stereocenters. The second-order valence-electron chi connectivity index (χ2n) is 6.60. The van der Waals surface area contributed by atoms with Gasteiger partial charge in [0.1, 0.15) is 11.6 Å². The third-order valence-corrected chi connectivity index (χ3v) is 7.73. The Kier molecular flexibility index (Phi) is 5.66. The van der Waals surface area contributed by atoms with Gasteiger partial charge in [0.05, 0.1) is 35.9 Å². The van der Waals surface area contributed by atoms with Crippen LogP contribution < -0.4 is 9.64 Å². The van der Waals surface area contributed by atoms with Gasteiger partial charge in [-0.25, -0.2) is 12.8 Å². The van der Waals surface area contributed by atoms with Gasteiger partial charge in [-0.2, -0.15) is 0 Å². The monoisotopic (exact) mass is 484 g/mol. The molecule has 2 aliphatic heterocycles. The summed E-state index contributed by atoms with van der Waals surface area (Å²) in [6.07, 6.45) is 0. The third kappa shape index (κ3) is 4.21. The molecule has 2 aromatic carbocycles. The number of anilines is 1. The standard InChI is InChI=1S/C19H18BrFN2O3S2/c20-13-6-7-17(15(21)10-13)23-18-12-28(24,25)11-16(18)22-19(23)27-9-8-26-14-4-2-1-3-5-14/h1-7,10,16,18H,8-9,11-12H2. The summed E-state index contributed by atoms with van der Waals surface area (Å²) in [5.74, 6) is 0.996. The van der Waals surface area contributed by atoms with Crippen LogP contribution in [0.15, 0.2) is 58.0 Å². The Morgan fingerprint density at radius 1 is 1.21 bits per heavy atom. The summed E-state index contributed by atoms with van der Waals surface area (Å²) in [4.78, 5) is 6.34. The fourth-order valence-electron chi connectivity index (χ4n) is 3.40. The van der Waals surface area contributed by atoms with Crippen molar-refractivity contribution in [3.8, 4) is 5.75 Å². The number of hydrogen-bond acceptors (Lipinski definition) is 6. The van der Waals surface area contributed by atoms with E-state index < -0.39 is 15.7 Å². The van der Waals surface area contributed by atoms with Crippen LogP contribution in [0.3, 0.4) is 0 Å². The first kappa shape index (κ1) is 19.7. The van der Waals surface area contributed by atoms with Crippen molar-refractivity contribution in [3.63, 3.8) is 0 Å². The van der Waals surface area contributed by atoms with E-state index in [1.165, 1.54) is 17.8 Å². The van der Waals surface area contributed by atoms with E-state index in [4.69, 9.17) is 4.74 Å². The number of sulfone groups is 1. The lowest BCUT2D eigenvalue weighted by Gasteiger charge is -2.27. The molecule has 28 heavy (non-hydrogen) atoms. The molecule has 1 saturated heterocycles. The van der Waals surface area contributed by atoms with Gasteiger partial charge in [0, 0.05) is 10.2 Å². The highest BCUT2D eigenvalue weighted by atomic mass is 79.9. The highest BCUT2D eigenvalue weighted by Gasteiger charge is 2.47. The summed E-state index contributed by atoms with van der Waals surface area (Å²) < 4.78 is 45.1. The molecule has 0 aromatic heterocycles. The topological polar surface area (TPSA) is 59.0 Å². The number of fused-ring (bicyclic) bond motifs is 1. The van der Waals surface area contributed by atoms with Crippen LogP contribution >= 0.6 is 27.7 Å². The predicted octanol–water partition coefficient (Wildman–Crippen LogP) is 3.74. The van der Waals surface area contributed by atoms with Crippen molar-refractivity contribution in [1.82, 2.24) is 0 Å². The van der Waals surface area contributed by atoms with Crippen LogP contribution in [-0.4, -0.2) is 49.5 Å². The van der Waals surface area contributed by atoms with Crippen molar-refractivity contribution in [2.45, 2.75) is 12.1 Å². The number of benzene rings is 2. The first-order valence-corrected chi connectivity index (χ1v) is 12.4. The van der Waals surface area contributed by atoms with Crippen LogP contribution in [-0.2, 0) is 9.84 Å². The van der Waals surface area contributed by atoms with Crippen molar-refractivity contribution in [2.24, 2.45) is 4.99 Å². The number of thioether (sulfide) groups is 1. The Morgan fingerprint density at radius 2 is 2.00 bits per heavy atom. The second-order valence-corrected chi connectivity index (χ2v) is 10.7. The number of nitrogens with zero attached hydrogens (tertiary/aromatic N) is 2. The maximum Gasteiger partial charge on any atom is 0.164 e. The minimum absolute atomic E-state index is 0.0108. The molecule has 5 nitrogen and oxygen atoms in total. The lowest BCUT2D eigenvalue weighted by Crippen LogP contribution is -2.39. The molecule has 0 radical (unpaired) electrons. The number of ether oxygens (including phenoxy) is 1. The fourth-order valence-corrected chi connectivity index (χ4v) is 6.51. The first-order chi connectivity index (χ1) is 13.4. The van der Waals surface area contributed by atoms with E-state index in [9.17, 15) is 12.8 Å². The number of amidine groups is 1. The lowest BCUT2D eigenvalue weighted by atomic mass is 10.1. The zero-order valence-electron chi connectivity index (χ0n) is 14.8. The van der Waals surface area contributed by atoms with E-state index in [2.05, 4.69) is 20.9 Å². The molecule has 148 valence electrons. The quantitative estimate of drug-likeness (QED) is 0.604. The summed E-state index contributed by atoms with van der Waals surface area (Å²) in [6.45, 7) is 0.470. The highest BCUT2D eigenvalue weighted by molar-refractivity contribution is 9.10. The van der Waals surface area contributed by atoms with Gasteiger partial charge in [0.2, 0.25) is 0 Å². The van der Waals surface area contributed by atoms with Gasteiger partial charge >= 0.3 is 0 Å². The van der Waals surface area contributed by atoms with Gasteiger partial charge in [0.25, 0.3) is 0 Å². The maximum absolute atomic E-state index is 14.6. The van der Waals surface area contributed by atoms with E-state index in [0.29, 0.717) is 27.7 Å². The van der Waals surface area contributed by atoms with Crippen LogP contribution in [0.2, 0.25) is 0 Å². The first-order valence-electron chi connectivity index (χ1n) is 8.76. The van der Waals surface area contributed by atoms with Crippen LogP contribution in [0.5, 0.6) is 5.75 Å². The Bertz CT molecular complexity index is 1000. The van der Waals surface area contributed by atoms with E-state index in [-0.39, 0.29) is 23.6 Å². The van der Waals surface area contributed by atoms with Gasteiger partial charge in [-0.15, -0.1) is 0 Å². The molecule has 2 aliphatic rings. The summed E-state index contributed by atoms with van der Waals surface area (Å²) in [7, 11) is -3.17. The van der Waals surface area contributed by atoms with Gasteiger partial charge in [0.15, 0.2) is 15.0 Å². The van der Waals surface area contributed by atoms with Crippen molar-refractivity contribution in [1.29, 1.82) is 0 Å². The molecule has 0 bridgehead atoms. The minimum atomic E-state index is -3.17. The molecule has 9 heteroatoms. The zero-order chi connectivity index (χ0) is 19.7. The molecule has 0 amide bonds. The van der Waals surface area contributed by atoms with Crippen LogP contribution in [0.1, 0.15) is 0 Å².